The van der Waals surface area contributed by atoms with Gasteiger partial charge in [-0.15, -0.1) is 18.3 Å². The zero-order valence-electron chi connectivity index (χ0n) is 26.7. The number of aromatic nitrogens is 3. The largest absolute Gasteiger partial charge is 0.573 e. The number of carbonyl (C=O) groups excluding carboxylic acids is 3. The van der Waals surface area contributed by atoms with Gasteiger partial charge in [0.15, 0.2) is 0 Å². The molecule has 2 aromatic carbocycles. The molecular formula is C34H39F3N6O4. The van der Waals surface area contributed by atoms with Crippen molar-refractivity contribution in [2.24, 2.45) is 11.8 Å². The minimum Gasteiger partial charge on any atom is -0.406 e. The van der Waals surface area contributed by atoms with Crippen molar-refractivity contribution in [3.05, 3.63) is 71.0 Å². The van der Waals surface area contributed by atoms with Crippen molar-refractivity contribution in [1.82, 2.24) is 24.8 Å². The van der Waals surface area contributed by atoms with Crippen molar-refractivity contribution in [2.45, 2.75) is 84.4 Å². The standard InChI is InChI=1S/C34H39F3N6O4/c1-21-8-11-25(16-30(21)43-32(45)28-6-4-5-7-29(28)33(43)46)31(44)40-17-22(2)42(23(3)18-40)20-26-19-41(39-38-26)15-14-24-9-12-27(13-10-24)47-34(35,36)37/h8-13,16,19,22-23,28-29H,4-7,14-15,17-18,20H2,1-3H3/t22-,23+,28?,29?. The van der Waals surface area contributed by atoms with E-state index in [9.17, 15) is 27.6 Å². The summed E-state index contributed by atoms with van der Waals surface area (Å²) >= 11 is 0. The molecule has 1 saturated carbocycles. The molecule has 3 aromatic rings. The molecule has 4 atom stereocenters. The van der Waals surface area contributed by atoms with Crippen LogP contribution < -0.4 is 9.64 Å². The summed E-state index contributed by atoms with van der Waals surface area (Å²) in [6.07, 6.45) is 1.09. The lowest BCUT2D eigenvalue weighted by Gasteiger charge is -2.44. The molecule has 3 aliphatic rings. The Morgan fingerprint density at radius 3 is 2.21 bits per heavy atom. The summed E-state index contributed by atoms with van der Waals surface area (Å²) in [7, 11) is 0. The highest BCUT2D eigenvalue weighted by Crippen LogP contribution is 2.41. The maximum atomic E-state index is 13.8. The molecule has 1 aromatic heterocycles. The van der Waals surface area contributed by atoms with E-state index < -0.39 is 6.36 Å². The highest BCUT2D eigenvalue weighted by molar-refractivity contribution is 6.22. The summed E-state index contributed by atoms with van der Waals surface area (Å²) in [5, 5.41) is 8.56. The van der Waals surface area contributed by atoms with Crippen molar-refractivity contribution in [3.8, 4) is 5.75 Å². The fourth-order valence-corrected chi connectivity index (χ4v) is 7.21. The Balaban J connectivity index is 1.06. The molecule has 1 aliphatic carbocycles. The number of hydrogen-bond donors (Lipinski definition) is 0. The minimum atomic E-state index is -4.72. The molecule has 3 fully saturated rings. The van der Waals surface area contributed by atoms with E-state index in [2.05, 4.69) is 33.8 Å². The fourth-order valence-electron chi connectivity index (χ4n) is 7.21. The highest BCUT2D eigenvalue weighted by atomic mass is 19.4. The molecule has 13 heteroatoms. The van der Waals surface area contributed by atoms with Gasteiger partial charge in [0.25, 0.3) is 5.91 Å². The van der Waals surface area contributed by atoms with Gasteiger partial charge < -0.3 is 9.64 Å². The number of aryl methyl sites for hydroxylation is 3. The van der Waals surface area contributed by atoms with E-state index in [0.717, 1.165) is 42.5 Å². The van der Waals surface area contributed by atoms with Gasteiger partial charge >= 0.3 is 6.36 Å². The minimum absolute atomic E-state index is 0.0278. The van der Waals surface area contributed by atoms with Gasteiger partial charge in [0.1, 0.15) is 5.75 Å². The Labute approximate surface area is 271 Å². The molecule has 250 valence electrons. The SMILES string of the molecule is Cc1ccc(C(=O)N2C[C@@H](C)N(Cc3cn(CCc4ccc(OC(F)(F)F)cc4)nn3)[C@@H](C)C2)cc1N1C(=O)C2CCCCC2C1=O. The van der Waals surface area contributed by atoms with E-state index in [1.165, 1.54) is 17.0 Å². The van der Waals surface area contributed by atoms with E-state index >= 15 is 0 Å². The quantitative estimate of drug-likeness (QED) is 0.311. The third-order valence-corrected chi connectivity index (χ3v) is 9.64. The van der Waals surface area contributed by atoms with Crippen LogP contribution in [0.1, 0.15) is 66.7 Å². The Hall–Kier alpha value is -4.26. The van der Waals surface area contributed by atoms with Gasteiger partial charge in [0.05, 0.1) is 23.2 Å². The Morgan fingerprint density at radius 1 is 0.957 bits per heavy atom. The zero-order chi connectivity index (χ0) is 33.5. The topological polar surface area (TPSA) is 101 Å². The molecule has 6 rings (SSSR count). The van der Waals surface area contributed by atoms with Gasteiger partial charge in [-0.3, -0.25) is 24.0 Å². The smallest absolute Gasteiger partial charge is 0.406 e. The maximum absolute atomic E-state index is 13.8. The average molecular weight is 653 g/mol. The first-order valence-corrected chi connectivity index (χ1v) is 16.1. The Bertz CT molecular complexity index is 1610. The van der Waals surface area contributed by atoms with Crippen molar-refractivity contribution < 1.29 is 32.3 Å². The summed E-state index contributed by atoms with van der Waals surface area (Å²) in [4.78, 5) is 45.7. The number of ether oxygens (including phenoxy) is 1. The first-order valence-electron chi connectivity index (χ1n) is 16.1. The van der Waals surface area contributed by atoms with Crippen LogP contribution in [0.4, 0.5) is 18.9 Å². The van der Waals surface area contributed by atoms with Gasteiger partial charge in [0, 0.05) is 50.0 Å². The number of piperazine rings is 1. The second kappa shape index (κ2) is 13.1. The number of alkyl halides is 3. The lowest BCUT2D eigenvalue weighted by atomic mass is 9.81. The third-order valence-electron chi connectivity index (χ3n) is 9.64. The van der Waals surface area contributed by atoms with Crippen LogP contribution >= 0.6 is 0 Å². The molecule has 0 N–H and O–H groups in total. The molecule has 3 amide bonds. The molecule has 0 radical (unpaired) electrons. The van der Waals surface area contributed by atoms with Gasteiger partial charge in [-0.2, -0.15) is 0 Å². The van der Waals surface area contributed by atoms with Gasteiger partial charge in [-0.05, 0) is 75.4 Å². The van der Waals surface area contributed by atoms with E-state index in [-0.39, 0.29) is 47.4 Å². The number of carbonyl (C=O) groups is 3. The normalized spacial score (nSPS) is 23.7. The van der Waals surface area contributed by atoms with E-state index in [4.69, 9.17) is 0 Å². The highest BCUT2D eigenvalue weighted by Gasteiger charge is 2.49. The second-order valence-corrected chi connectivity index (χ2v) is 13.0. The number of halogens is 3. The number of amides is 3. The predicted octanol–water partition coefficient (Wildman–Crippen LogP) is 5.14. The number of imide groups is 1. The van der Waals surface area contributed by atoms with Gasteiger partial charge in [0.2, 0.25) is 11.8 Å². The number of hydrogen-bond acceptors (Lipinski definition) is 7. The number of anilines is 1. The third kappa shape index (κ3) is 7.04. The molecule has 3 heterocycles. The number of fused-ring (bicyclic) bond motifs is 1. The Kier molecular flexibility index (Phi) is 9.10. The molecule has 47 heavy (non-hydrogen) atoms. The number of nitrogens with zero attached hydrogens (tertiary/aromatic N) is 6. The number of rotatable bonds is 8. The molecule has 10 nitrogen and oxygen atoms in total. The predicted molar refractivity (Wildman–Crippen MR) is 166 cm³/mol. The lowest BCUT2D eigenvalue weighted by Crippen LogP contribution is -2.57. The summed E-state index contributed by atoms with van der Waals surface area (Å²) in [6, 6.07) is 11.1. The summed E-state index contributed by atoms with van der Waals surface area (Å²) in [5.74, 6) is -1.19. The molecular weight excluding hydrogens is 613 g/mol. The monoisotopic (exact) mass is 652 g/mol. The van der Waals surface area contributed by atoms with E-state index in [1.54, 1.807) is 28.9 Å². The zero-order valence-corrected chi connectivity index (χ0v) is 26.7. The first-order chi connectivity index (χ1) is 22.4. The van der Waals surface area contributed by atoms with Gasteiger partial charge in [-0.1, -0.05) is 36.3 Å². The van der Waals surface area contributed by atoms with Crippen LogP contribution in [0.25, 0.3) is 0 Å². The van der Waals surface area contributed by atoms with Crippen LogP contribution in [0, 0.1) is 18.8 Å². The molecule has 2 saturated heterocycles. The second-order valence-electron chi connectivity index (χ2n) is 13.0. The van der Waals surface area contributed by atoms with Crippen LogP contribution in [-0.4, -0.2) is 74.1 Å². The van der Waals surface area contributed by atoms with Crippen molar-refractivity contribution in [2.75, 3.05) is 18.0 Å². The first kappa shape index (κ1) is 32.7. The molecule has 2 aliphatic heterocycles. The molecule has 0 spiro atoms. The number of benzene rings is 2. The van der Waals surface area contributed by atoms with Crippen molar-refractivity contribution in [1.29, 1.82) is 0 Å². The van der Waals surface area contributed by atoms with E-state index in [0.29, 0.717) is 43.9 Å². The fraction of sp³-hybridized carbons (Fsp3) is 0.500. The summed E-state index contributed by atoms with van der Waals surface area (Å²) in [5.41, 5.74) is 3.38. The Morgan fingerprint density at radius 2 is 1.60 bits per heavy atom. The van der Waals surface area contributed by atoms with Crippen LogP contribution in [0.15, 0.2) is 48.7 Å². The summed E-state index contributed by atoms with van der Waals surface area (Å²) in [6.45, 7) is 8.05. The van der Waals surface area contributed by atoms with E-state index in [1.807, 2.05) is 24.1 Å². The van der Waals surface area contributed by atoms with Crippen LogP contribution in [-0.2, 0) is 29.1 Å². The maximum Gasteiger partial charge on any atom is 0.573 e. The van der Waals surface area contributed by atoms with Crippen LogP contribution in [0.3, 0.4) is 0 Å². The van der Waals surface area contributed by atoms with Crippen LogP contribution in [0.2, 0.25) is 0 Å². The average Bonchev–Trinajstić information content (AvgIpc) is 3.59. The molecule has 0 bridgehead atoms. The lowest BCUT2D eigenvalue weighted by molar-refractivity contribution is -0.274. The molecule has 2 unspecified atom stereocenters. The van der Waals surface area contributed by atoms with Crippen molar-refractivity contribution in [3.63, 3.8) is 0 Å². The van der Waals surface area contributed by atoms with Gasteiger partial charge in [-0.25, -0.2) is 4.90 Å². The van der Waals surface area contributed by atoms with Crippen LogP contribution in [0.5, 0.6) is 5.75 Å². The summed E-state index contributed by atoms with van der Waals surface area (Å²) < 4.78 is 42.9. The van der Waals surface area contributed by atoms with Crippen molar-refractivity contribution >= 4 is 23.4 Å².